The molecule has 0 N–H and O–H groups in total. The van der Waals surface area contributed by atoms with E-state index in [9.17, 15) is 0 Å². The zero-order valence-corrected chi connectivity index (χ0v) is 23.4. The topological polar surface area (TPSA) is 17.6 Å². The molecule has 0 saturated heterocycles. The number of aryl methyl sites for hydroxylation is 4. The van der Waals surface area contributed by atoms with Gasteiger partial charge in [0.15, 0.2) is 0 Å². The van der Waals surface area contributed by atoms with Gasteiger partial charge in [-0.25, -0.2) is 0 Å². The Kier molecular flexibility index (Phi) is 5.44. The van der Waals surface area contributed by atoms with Crippen LogP contribution in [0.5, 0.6) is 0 Å². The van der Waals surface area contributed by atoms with Crippen LogP contribution in [0.4, 0.5) is 0 Å². The molecule has 4 heteroatoms. The lowest BCUT2D eigenvalue weighted by atomic mass is 9.79. The van der Waals surface area contributed by atoms with E-state index in [0.717, 1.165) is 25.7 Å². The van der Waals surface area contributed by atoms with E-state index in [0.29, 0.717) is 0 Å². The highest BCUT2D eigenvalue weighted by Gasteiger charge is 2.26. The Morgan fingerprint density at radius 3 is 1.43 bits per heavy atom. The van der Waals surface area contributed by atoms with Crippen molar-refractivity contribution in [2.75, 3.05) is 0 Å². The number of hydrogen-bond donors (Lipinski definition) is 0. The number of fused-ring (bicyclic) bond motifs is 4. The van der Waals surface area contributed by atoms with Crippen molar-refractivity contribution < 1.29 is 9.13 Å². The van der Waals surface area contributed by atoms with Gasteiger partial charge in [0, 0.05) is 0 Å². The van der Waals surface area contributed by atoms with Crippen LogP contribution in [0.2, 0.25) is 0 Å². The lowest BCUT2D eigenvalue weighted by Crippen LogP contribution is -2.26. The van der Waals surface area contributed by atoms with E-state index in [-0.39, 0.29) is 0 Å². The molecule has 2 heterocycles. The van der Waals surface area contributed by atoms with Crippen LogP contribution in [0.25, 0.3) is 44.6 Å². The number of para-hydroxylation sites is 4. The second-order valence-corrected chi connectivity index (χ2v) is 11.6. The molecule has 40 heavy (non-hydrogen) atoms. The molecule has 2 aliphatic carbocycles. The fourth-order valence-corrected chi connectivity index (χ4v) is 7.32. The first-order valence-corrected chi connectivity index (χ1v) is 14.8. The maximum Gasteiger partial charge on any atom is 0.244 e. The van der Waals surface area contributed by atoms with Gasteiger partial charge in [-0.3, -0.25) is 0 Å². The molecule has 6 aromatic rings. The first-order valence-electron chi connectivity index (χ1n) is 14.8. The first-order chi connectivity index (χ1) is 19.7. The fraction of sp³-hybridized carbons (Fsp3) is 0.278. The zero-order valence-electron chi connectivity index (χ0n) is 23.4. The summed E-state index contributed by atoms with van der Waals surface area (Å²) in [7, 11) is 4.21. The molecule has 0 atom stereocenters. The third-order valence-electron chi connectivity index (χ3n) is 9.22. The van der Waals surface area contributed by atoms with Crippen molar-refractivity contribution in [1.82, 2.24) is 9.13 Å². The Balaban J connectivity index is 1.51. The van der Waals surface area contributed by atoms with Crippen LogP contribution in [0.1, 0.15) is 47.9 Å². The number of nitrogens with zero attached hydrogens (tertiary/aromatic N) is 4. The molecule has 0 amide bonds. The van der Waals surface area contributed by atoms with E-state index in [1.165, 1.54) is 92.5 Å². The molecule has 198 valence electrons. The Labute approximate surface area is 235 Å². The van der Waals surface area contributed by atoms with E-state index in [2.05, 4.69) is 118 Å². The van der Waals surface area contributed by atoms with Gasteiger partial charge in [-0.2, -0.15) is 0 Å². The van der Waals surface area contributed by atoms with Gasteiger partial charge in [-0.1, -0.05) is 72.8 Å². The molecule has 0 radical (unpaired) electrons. The largest absolute Gasteiger partial charge is 0.319 e. The lowest BCUT2D eigenvalue weighted by Gasteiger charge is -2.30. The van der Waals surface area contributed by atoms with Crippen LogP contribution in [0.3, 0.4) is 0 Å². The number of imidazole rings is 2. The van der Waals surface area contributed by atoms with Gasteiger partial charge in [0.2, 0.25) is 12.7 Å². The predicted molar refractivity (Wildman–Crippen MR) is 159 cm³/mol. The van der Waals surface area contributed by atoms with Crippen molar-refractivity contribution in [1.29, 1.82) is 0 Å². The summed E-state index contributed by atoms with van der Waals surface area (Å²) >= 11 is 0. The summed E-state index contributed by atoms with van der Waals surface area (Å²) in [5, 5.41) is 0. The van der Waals surface area contributed by atoms with E-state index in [1.54, 1.807) is 0 Å². The molecule has 0 aliphatic heterocycles. The molecule has 0 unspecified atom stereocenters. The van der Waals surface area contributed by atoms with Gasteiger partial charge >= 0.3 is 0 Å². The van der Waals surface area contributed by atoms with Gasteiger partial charge in [0.05, 0.1) is 47.5 Å². The Bertz CT molecular complexity index is 1800. The molecule has 0 spiro atoms. The summed E-state index contributed by atoms with van der Waals surface area (Å²) in [6, 6.07) is 26.9. The van der Waals surface area contributed by atoms with Crippen LogP contribution in [0, 0.1) is 12.7 Å². The summed E-state index contributed by atoms with van der Waals surface area (Å²) in [5.41, 5.74) is 16.1. The minimum absolute atomic E-state index is 1.12. The molecular formula is C36H34N4. The van der Waals surface area contributed by atoms with Gasteiger partial charge in [0.25, 0.3) is 0 Å². The van der Waals surface area contributed by atoms with Gasteiger partial charge in [-0.05, 0) is 84.7 Å². The third-order valence-corrected chi connectivity index (χ3v) is 9.22. The van der Waals surface area contributed by atoms with Crippen LogP contribution < -0.4 is 9.13 Å². The fourth-order valence-electron chi connectivity index (χ4n) is 7.32. The normalized spacial score (nSPS) is 14.9. The highest BCUT2D eigenvalue weighted by molar-refractivity contribution is 5.90. The Hall–Kier alpha value is -4.18. The molecular weight excluding hydrogens is 488 g/mol. The number of hydrogen-bond acceptors (Lipinski definition) is 0. The number of rotatable bonds is 3. The number of aromatic nitrogens is 4. The Morgan fingerprint density at radius 2 is 0.950 bits per heavy atom. The highest BCUT2D eigenvalue weighted by Crippen LogP contribution is 2.44. The van der Waals surface area contributed by atoms with Gasteiger partial charge < -0.3 is 18.3 Å². The van der Waals surface area contributed by atoms with E-state index in [1.807, 2.05) is 0 Å². The van der Waals surface area contributed by atoms with Crippen molar-refractivity contribution in [3.05, 3.63) is 108 Å². The molecule has 0 saturated carbocycles. The second kappa shape index (κ2) is 9.19. The van der Waals surface area contributed by atoms with Crippen LogP contribution in [-0.4, -0.2) is 9.13 Å². The monoisotopic (exact) mass is 522 g/mol. The average Bonchev–Trinajstić information content (AvgIpc) is 3.52. The summed E-state index contributed by atoms with van der Waals surface area (Å²) in [6.07, 6.45) is 16.9. The third kappa shape index (κ3) is 3.51. The maximum atomic E-state index is 3.67. The van der Waals surface area contributed by atoms with E-state index < -0.39 is 0 Å². The van der Waals surface area contributed by atoms with Crippen molar-refractivity contribution >= 4 is 22.1 Å². The van der Waals surface area contributed by atoms with Gasteiger partial charge in [-0.15, -0.1) is 0 Å². The Morgan fingerprint density at radius 1 is 0.525 bits per heavy atom. The minimum Gasteiger partial charge on any atom is -0.319 e. The zero-order chi connectivity index (χ0) is 26.8. The van der Waals surface area contributed by atoms with E-state index >= 15 is 0 Å². The minimum atomic E-state index is 1.12. The molecule has 4 aromatic carbocycles. The summed E-state index contributed by atoms with van der Waals surface area (Å²) < 4.78 is 8.88. The van der Waals surface area contributed by atoms with Crippen molar-refractivity contribution in [2.45, 2.75) is 51.4 Å². The molecule has 2 aliphatic rings. The van der Waals surface area contributed by atoms with Crippen LogP contribution in [0.15, 0.2) is 72.8 Å². The summed E-state index contributed by atoms with van der Waals surface area (Å²) in [4.78, 5) is 0. The first kappa shape index (κ1) is 23.7. The average molecular weight is 523 g/mol. The van der Waals surface area contributed by atoms with E-state index in [4.69, 9.17) is 0 Å². The van der Waals surface area contributed by atoms with Crippen LogP contribution in [-0.2, 0) is 39.8 Å². The predicted octanol–water partition coefficient (Wildman–Crippen LogP) is 6.25. The lowest BCUT2D eigenvalue weighted by molar-refractivity contribution is -0.649. The van der Waals surface area contributed by atoms with Crippen molar-refractivity contribution in [3.63, 3.8) is 0 Å². The molecule has 4 nitrogen and oxygen atoms in total. The SMILES string of the molecule is C[n+]1[c-]n(-c2ccc3c(c2-c2c(-n4[c-][n+](C)c5ccccc54)ccc4c2CCCC4)CCCC3)c2ccccc21. The standard InChI is InChI=1S/C36H34N4/c1-37-23-39(31-17-9-7-15-29(31)37)33-21-19-25-11-3-5-13-27(25)35(33)36-28-14-6-4-12-26(28)20-22-34(36)40-24-38(2)30-16-8-10-18-32(30)40/h7-10,15-22H,3-6,11-14H2,1-2H3. The second-order valence-electron chi connectivity index (χ2n) is 11.6. The highest BCUT2D eigenvalue weighted by atomic mass is 15.1. The summed E-state index contributed by atoms with van der Waals surface area (Å²) in [5.74, 6) is 0. The molecule has 0 fully saturated rings. The maximum absolute atomic E-state index is 3.67. The molecule has 0 bridgehead atoms. The molecule has 2 aromatic heterocycles. The van der Waals surface area contributed by atoms with Crippen molar-refractivity contribution in [3.8, 4) is 22.5 Å². The van der Waals surface area contributed by atoms with Gasteiger partial charge in [0.1, 0.15) is 0 Å². The van der Waals surface area contributed by atoms with Crippen molar-refractivity contribution in [2.24, 2.45) is 14.1 Å². The number of benzene rings is 4. The quantitative estimate of drug-likeness (QED) is 0.193. The smallest absolute Gasteiger partial charge is 0.244 e. The summed E-state index contributed by atoms with van der Waals surface area (Å²) in [6.45, 7) is 0. The molecule has 8 rings (SSSR count). The van der Waals surface area contributed by atoms with Crippen LogP contribution >= 0.6 is 0 Å².